The number of carbonyl (C=O) groups is 1. The molecule has 0 bridgehead atoms. The molecule has 1 aromatic carbocycles. The van der Waals surface area contributed by atoms with Gasteiger partial charge in [0.15, 0.2) is 0 Å². The quantitative estimate of drug-likeness (QED) is 0.787. The minimum Gasteiger partial charge on any atom is -0.389 e. The number of hydrogen-bond acceptors (Lipinski definition) is 3. The predicted octanol–water partition coefficient (Wildman–Crippen LogP) is 1.44. The summed E-state index contributed by atoms with van der Waals surface area (Å²) in [4.78, 5) is 11.7. The van der Waals surface area contributed by atoms with E-state index in [1.54, 1.807) is 12.1 Å². The molecule has 2 atom stereocenters. The SMILES string of the molecule is COCC(O)CNC(=O)CC(C)c1cccc(F)c1. The molecule has 0 aliphatic heterocycles. The predicted molar refractivity (Wildman–Crippen MR) is 70.3 cm³/mol. The summed E-state index contributed by atoms with van der Waals surface area (Å²) >= 11 is 0. The molecule has 0 aromatic heterocycles. The maximum atomic E-state index is 13.1. The molecule has 1 aromatic rings. The van der Waals surface area contributed by atoms with Crippen LogP contribution in [0.2, 0.25) is 0 Å². The number of aliphatic hydroxyl groups excluding tert-OH is 1. The summed E-state index contributed by atoms with van der Waals surface area (Å²) in [5.41, 5.74) is 0.785. The van der Waals surface area contributed by atoms with E-state index in [-0.39, 0.29) is 37.2 Å². The van der Waals surface area contributed by atoms with Crippen LogP contribution >= 0.6 is 0 Å². The van der Waals surface area contributed by atoms with Crippen LogP contribution in [0.15, 0.2) is 24.3 Å². The molecule has 2 N–H and O–H groups in total. The molecule has 0 heterocycles. The van der Waals surface area contributed by atoms with Crippen molar-refractivity contribution in [2.45, 2.75) is 25.4 Å². The van der Waals surface area contributed by atoms with Crippen molar-refractivity contribution in [2.75, 3.05) is 20.3 Å². The second kappa shape index (κ2) is 7.86. The van der Waals surface area contributed by atoms with E-state index in [1.165, 1.54) is 19.2 Å². The van der Waals surface area contributed by atoms with Gasteiger partial charge in [-0.15, -0.1) is 0 Å². The zero-order chi connectivity index (χ0) is 14.3. The molecule has 19 heavy (non-hydrogen) atoms. The lowest BCUT2D eigenvalue weighted by atomic mass is 9.97. The van der Waals surface area contributed by atoms with Gasteiger partial charge in [0.05, 0.1) is 12.7 Å². The van der Waals surface area contributed by atoms with Gasteiger partial charge in [-0.1, -0.05) is 19.1 Å². The topological polar surface area (TPSA) is 58.6 Å². The Morgan fingerprint density at radius 1 is 1.53 bits per heavy atom. The van der Waals surface area contributed by atoms with Gasteiger partial charge >= 0.3 is 0 Å². The van der Waals surface area contributed by atoms with Gasteiger partial charge in [-0.2, -0.15) is 0 Å². The van der Waals surface area contributed by atoms with Crippen LogP contribution in [0.4, 0.5) is 4.39 Å². The maximum absolute atomic E-state index is 13.1. The number of rotatable bonds is 7. The molecule has 0 radical (unpaired) electrons. The molecule has 0 fully saturated rings. The molecule has 5 heteroatoms. The van der Waals surface area contributed by atoms with E-state index in [9.17, 15) is 14.3 Å². The van der Waals surface area contributed by atoms with Crippen LogP contribution < -0.4 is 5.32 Å². The summed E-state index contributed by atoms with van der Waals surface area (Å²) in [7, 11) is 1.48. The summed E-state index contributed by atoms with van der Waals surface area (Å²) in [5.74, 6) is -0.553. The first kappa shape index (κ1) is 15.6. The van der Waals surface area contributed by atoms with E-state index in [2.05, 4.69) is 5.32 Å². The minimum atomic E-state index is -0.710. The third kappa shape index (κ3) is 5.81. The van der Waals surface area contributed by atoms with Crippen molar-refractivity contribution in [3.8, 4) is 0 Å². The number of benzene rings is 1. The van der Waals surface area contributed by atoms with Gasteiger partial charge in [0.25, 0.3) is 0 Å². The summed E-state index contributed by atoms with van der Waals surface area (Å²) < 4.78 is 17.8. The molecule has 106 valence electrons. The summed E-state index contributed by atoms with van der Waals surface area (Å²) in [6.45, 7) is 2.20. The number of hydrogen-bond donors (Lipinski definition) is 2. The number of nitrogens with one attached hydrogen (secondary N) is 1. The molecular weight excluding hydrogens is 249 g/mol. The van der Waals surface area contributed by atoms with Crippen molar-refractivity contribution < 1.29 is 19.0 Å². The van der Waals surface area contributed by atoms with Gasteiger partial charge < -0.3 is 15.2 Å². The molecule has 0 aliphatic rings. The van der Waals surface area contributed by atoms with Crippen molar-refractivity contribution in [3.05, 3.63) is 35.6 Å². The molecule has 0 saturated heterocycles. The first-order valence-electron chi connectivity index (χ1n) is 6.22. The zero-order valence-electron chi connectivity index (χ0n) is 11.2. The van der Waals surface area contributed by atoms with Gasteiger partial charge in [0.2, 0.25) is 5.91 Å². The zero-order valence-corrected chi connectivity index (χ0v) is 11.2. The number of aliphatic hydroxyl groups is 1. The fourth-order valence-corrected chi connectivity index (χ4v) is 1.76. The summed E-state index contributed by atoms with van der Waals surface area (Å²) in [6.07, 6.45) is -0.457. The number of ether oxygens (including phenoxy) is 1. The minimum absolute atomic E-state index is 0.0738. The Bertz CT molecular complexity index is 411. The highest BCUT2D eigenvalue weighted by Crippen LogP contribution is 2.19. The number of carbonyl (C=O) groups excluding carboxylic acids is 1. The van der Waals surface area contributed by atoms with E-state index >= 15 is 0 Å². The second-order valence-corrected chi connectivity index (χ2v) is 4.57. The van der Waals surface area contributed by atoms with Crippen LogP contribution in [-0.4, -0.2) is 37.4 Å². The van der Waals surface area contributed by atoms with Crippen molar-refractivity contribution in [1.82, 2.24) is 5.32 Å². The molecule has 0 aliphatic carbocycles. The molecular formula is C14H20FNO3. The highest BCUT2D eigenvalue weighted by molar-refractivity contribution is 5.76. The van der Waals surface area contributed by atoms with Gasteiger partial charge in [-0.25, -0.2) is 4.39 Å². The van der Waals surface area contributed by atoms with Gasteiger partial charge in [0, 0.05) is 20.1 Å². The van der Waals surface area contributed by atoms with E-state index < -0.39 is 6.10 Å². The molecule has 4 nitrogen and oxygen atoms in total. The van der Waals surface area contributed by atoms with Crippen molar-refractivity contribution in [3.63, 3.8) is 0 Å². The van der Waals surface area contributed by atoms with Crippen LogP contribution in [-0.2, 0) is 9.53 Å². The largest absolute Gasteiger partial charge is 0.389 e. The summed E-state index contributed by atoms with van der Waals surface area (Å²) in [5, 5.41) is 12.0. The lowest BCUT2D eigenvalue weighted by molar-refractivity contribution is -0.122. The third-order valence-corrected chi connectivity index (χ3v) is 2.80. The lowest BCUT2D eigenvalue weighted by Gasteiger charge is -2.14. The van der Waals surface area contributed by atoms with E-state index in [1.807, 2.05) is 6.92 Å². The average molecular weight is 269 g/mol. The fraction of sp³-hybridized carbons (Fsp3) is 0.500. The summed E-state index contributed by atoms with van der Waals surface area (Å²) in [6, 6.07) is 6.22. The molecule has 0 saturated carbocycles. The van der Waals surface area contributed by atoms with Gasteiger partial charge in [-0.3, -0.25) is 4.79 Å². The van der Waals surface area contributed by atoms with Crippen molar-refractivity contribution in [2.24, 2.45) is 0 Å². The highest BCUT2D eigenvalue weighted by atomic mass is 19.1. The maximum Gasteiger partial charge on any atom is 0.220 e. The van der Waals surface area contributed by atoms with E-state index in [4.69, 9.17) is 4.74 Å². The highest BCUT2D eigenvalue weighted by Gasteiger charge is 2.13. The van der Waals surface area contributed by atoms with Crippen LogP contribution in [0, 0.1) is 5.82 Å². The van der Waals surface area contributed by atoms with Crippen molar-refractivity contribution in [1.29, 1.82) is 0 Å². The van der Waals surface area contributed by atoms with Crippen LogP contribution in [0.1, 0.15) is 24.8 Å². The first-order chi connectivity index (χ1) is 9.02. The average Bonchev–Trinajstić information content (AvgIpc) is 2.36. The Labute approximate surface area is 112 Å². The monoisotopic (exact) mass is 269 g/mol. The molecule has 1 rings (SSSR count). The van der Waals surface area contributed by atoms with Gasteiger partial charge in [0.1, 0.15) is 5.82 Å². The second-order valence-electron chi connectivity index (χ2n) is 4.57. The number of amides is 1. The molecule has 2 unspecified atom stereocenters. The van der Waals surface area contributed by atoms with E-state index in [0.717, 1.165) is 5.56 Å². The van der Waals surface area contributed by atoms with Crippen molar-refractivity contribution >= 4 is 5.91 Å². The van der Waals surface area contributed by atoms with E-state index in [0.29, 0.717) is 0 Å². The number of methoxy groups -OCH3 is 1. The Morgan fingerprint density at radius 2 is 2.26 bits per heavy atom. The third-order valence-electron chi connectivity index (χ3n) is 2.80. The molecule has 0 spiro atoms. The Kier molecular flexibility index (Phi) is 6.45. The van der Waals surface area contributed by atoms with Gasteiger partial charge in [-0.05, 0) is 23.6 Å². The Morgan fingerprint density at radius 3 is 2.89 bits per heavy atom. The number of halogens is 1. The molecule has 1 amide bonds. The normalized spacial score (nSPS) is 13.9. The fourth-order valence-electron chi connectivity index (χ4n) is 1.76. The standard InChI is InChI=1S/C14H20FNO3/c1-10(11-4-3-5-12(15)7-11)6-14(18)16-8-13(17)9-19-2/h3-5,7,10,13,17H,6,8-9H2,1-2H3,(H,16,18). The van der Waals surface area contributed by atoms with Crippen LogP contribution in [0.5, 0.6) is 0 Å². The lowest BCUT2D eigenvalue weighted by Crippen LogP contribution is -2.34. The Balaban J connectivity index is 2.40. The smallest absolute Gasteiger partial charge is 0.220 e. The Hall–Kier alpha value is -1.46. The first-order valence-corrected chi connectivity index (χ1v) is 6.22. The van der Waals surface area contributed by atoms with Crippen LogP contribution in [0.25, 0.3) is 0 Å². The van der Waals surface area contributed by atoms with Crippen LogP contribution in [0.3, 0.4) is 0 Å².